The van der Waals surface area contributed by atoms with Crippen LogP contribution >= 0.6 is 15.9 Å². The first kappa shape index (κ1) is 17.7. The van der Waals surface area contributed by atoms with E-state index in [2.05, 4.69) is 43.3 Å². The highest BCUT2D eigenvalue weighted by Gasteiger charge is 2.15. The van der Waals surface area contributed by atoms with Crippen molar-refractivity contribution >= 4 is 21.9 Å². The summed E-state index contributed by atoms with van der Waals surface area (Å²) in [7, 11) is 1.45. The van der Waals surface area contributed by atoms with Gasteiger partial charge in [0.15, 0.2) is 0 Å². The van der Waals surface area contributed by atoms with Crippen molar-refractivity contribution in [1.29, 1.82) is 0 Å². The van der Waals surface area contributed by atoms with Gasteiger partial charge in [-0.25, -0.2) is 0 Å². The zero-order valence-electron chi connectivity index (χ0n) is 12.2. The second-order valence-corrected chi connectivity index (χ2v) is 6.93. The summed E-state index contributed by atoms with van der Waals surface area (Å²) in [6.45, 7) is 10.5. The molecule has 3 atom stereocenters. The third kappa shape index (κ3) is 8.73. The highest BCUT2D eigenvalue weighted by molar-refractivity contribution is 9.09. The third-order valence-electron chi connectivity index (χ3n) is 3.36. The van der Waals surface area contributed by atoms with E-state index in [4.69, 9.17) is 4.74 Å². The van der Waals surface area contributed by atoms with Gasteiger partial charge in [-0.15, -0.1) is 0 Å². The molecule has 0 aromatic carbocycles. The van der Waals surface area contributed by atoms with Gasteiger partial charge in [0, 0.05) is 11.2 Å². The number of methoxy groups -OCH3 is 1. The predicted molar refractivity (Wildman–Crippen MR) is 81.0 cm³/mol. The molecule has 3 heteroatoms. The van der Waals surface area contributed by atoms with Gasteiger partial charge in [0.05, 0.1) is 7.11 Å². The number of hydrogen-bond donors (Lipinski definition) is 0. The average Bonchev–Trinajstić information content (AvgIpc) is 2.27. The van der Waals surface area contributed by atoms with Crippen molar-refractivity contribution in [3.63, 3.8) is 0 Å². The Balaban J connectivity index is 4.02. The second-order valence-electron chi connectivity index (χ2n) is 5.36. The van der Waals surface area contributed by atoms with Crippen LogP contribution in [0.25, 0.3) is 0 Å². The zero-order valence-corrected chi connectivity index (χ0v) is 13.8. The van der Waals surface area contributed by atoms with Crippen LogP contribution in [-0.4, -0.2) is 17.9 Å². The topological polar surface area (TPSA) is 26.3 Å². The molecule has 0 radical (unpaired) electrons. The minimum Gasteiger partial charge on any atom is -0.469 e. The number of hydrogen-bond acceptors (Lipinski definition) is 2. The predicted octanol–water partition coefficient (Wildman–Crippen LogP) is 4.72. The highest BCUT2D eigenvalue weighted by Crippen LogP contribution is 2.26. The summed E-state index contributed by atoms with van der Waals surface area (Å²) in [5.74, 6) is 0.856. The first-order valence-corrected chi connectivity index (χ1v) is 7.64. The van der Waals surface area contributed by atoms with E-state index in [-0.39, 0.29) is 5.97 Å². The summed E-state index contributed by atoms with van der Waals surface area (Å²) in [5, 5.41) is 0. The van der Waals surface area contributed by atoms with Crippen LogP contribution in [0.4, 0.5) is 0 Å². The molecular weight excluding hydrogens is 292 g/mol. The van der Waals surface area contributed by atoms with Crippen molar-refractivity contribution in [3.05, 3.63) is 12.2 Å². The first-order valence-electron chi connectivity index (χ1n) is 6.73. The SMILES string of the molecule is C=C(C)[C@H](CCC(C)Br)CCC(C)CC(=O)OC. The van der Waals surface area contributed by atoms with Crippen molar-refractivity contribution in [2.75, 3.05) is 7.11 Å². The highest BCUT2D eigenvalue weighted by atomic mass is 79.9. The van der Waals surface area contributed by atoms with Gasteiger partial charge in [-0.1, -0.05) is 41.9 Å². The van der Waals surface area contributed by atoms with Gasteiger partial charge in [-0.05, 0) is 44.4 Å². The van der Waals surface area contributed by atoms with Gasteiger partial charge >= 0.3 is 5.97 Å². The van der Waals surface area contributed by atoms with Crippen LogP contribution in [0.15, 0.2) is 12.2 Å². The Labute approximate surface area is 120 Å². The Bertz CT molecular complexity index is 261. The van der Waals surface area contributed by atoms with Crippen LogP contribution in [0.1, 0.15) is 52.9 Å². The fourth-order valence-corrected chi connectivity index (χ4v) is 2.29. The Morgan fingerprint density at radius 2 is 1.78 bits per heavy atom. The smallest absolute Gasteiger partial charge is 0.305 e. The van der Waals surface area contributed by atoms with Crippen molar-refractivity contribution in [3.8, 4) is 0 Å². The van der Waals surface area contributed by atoms with Gasteiger partial charge in [0.25, 0.3) is 0 Å². The molecule has 0 aromatic rings. The quantitative estimate of drug-likeness (QED) is 0.349. The van der Waals surface area contributed by atoms with Crippen molar-refractivity contribution < 1.29 is 9.53 Å². The number of alkyl halides is 1. The van der Waals surface area contributed by atoms with E-state index < -0.39 is 0 Å². The molecule has 18 heavy (non-hydrogen) atoms. The maximum Gasteiger partial charge on any atom is 0.305 e. The average molecular weight is 319 g/mol. The van der Waals surface area contributed by atoms with Crippen LogP contribution in [0, 0.1) is 11.8 Å². The third-order valence-corrected chi connectivity index (χ3v) is 3.82. The minimum atomic E-state index is -0.108. The molecule has 0 N–H and O–H groups in total. The van der Waals surface area contributed by atoms with Crippen LogP contribution in [-0.2, 0) is 9.53 Å². The molecule has 0 saturated heterocycles. The van der Waals surface area contributed by atoms with Gasteiger partial charge in [0.2, 0.25) is 0 Å². The lowest BCUT2D eigenvalue weighted by molar-refractivity contribution is -0.141. The molecule has 0 fully saturated rings. The molecule has 0 spiro atoms. The van der Waals surface area contributed by atoms with E-state index >= 15 is 0 Å². The molecular formula is C15H27BrO2. The van der Waals surface area contributed by atoms with Crippen LogP contribution in [0.3, 0.4) is 0 Å². The van der Waals surface area contributed by atoms with Gasteiger partial charge in [-0.3, -0.25) is 4.79 Å². The van der Waals surface area contributed by atoms with Gasteiger partial charge in [-0.2, -0.15) is 0 Å². The van der Waals surface area contributed by atoms with Crippen molar-refractivity contribution in [2.45, 2.75) is 57.7 Å². The number of ether oxygens (including phenoxy) is 1. The molecule has 2 unspecified atom stereocenters. The molecule has 2 nitrogen and oxygen atoms in total. The summed E-state index contributed by atoms with van der Waals surface area (Å²) in [5.41, 5.74) is 1.26. The lowest BCUT2D eigenvalue weighted by Gasteiger charge is -2.19. The molecule has 0 aromatic heterocycles. The normalized spacial score (nSPS) is 15.8. The first-order chi connectivity index (χ1) is 8.36. The van der Waals surface area contributed by atoms with Crippen LogP contribution in [0.5, 0.6) is 0 Å². The van der Waals surface area contributed by atoms with Crippen molar-refractivity contribution in [2.24, 2.45) is 11.8 Å². The second kappa shape index (κ2) is 9.60. The molecule has 0 saturated carbocycles. The number of esters is 1. The summed E-state index contributed by atoms with van der Waals surface area (Å²) in [6, 6.07) is 0. The number of halogens is 1. The molecule has 0 rings (SSSR count). The lowest BCUT2D eigenvalue weighted by Crippen LogP contribution is -2.10. The molecule has 106 valence electrons. The standard InChI is InChI=1S/C15H27BrO2/c1-11(2)14(9-7-13(4)16)8-6-12(3)10-15(17)18-5/h12-14H,1,6-10H2,2-5H3/t12?,13?,14-/m0/s1. The Morgan fingerprint density at radius 1 is 1.22 bits per heavy atom. The van der Waals surface area contributed by atoms with Gasteiger partial charge < -0.3 is 4.74 Å². The van der Waals surface area contributed by atoms with E-state index in [1.54, 1.807) is 0 Å². The van der Waals surface area contributed by atoms with Crippen molar-refractivity contribution in [1.82, 2.24) is 0 Å². The monoisotopic (exact) mass is 318 g/mol. The molecule has 0 aliphatic heterocycles. The maximum atomic E-state index is 11.2. The molecule has 0 aliphatic rings. The van der Waals surface area contributed by atoms with Crippen LogP contribution < -0.4 is 0 Å². The maximum absolute atomic E-state index is 11.2. The largest absolute Gasteiger partial charge is 0.469 e. The Kier molecular flexibility index (Phi) is 9.43. The summed E-state index contributed by atoms with van der Waals surface area (Å²) in [6.07, 6.45) is 5.04. The zero-order chi connectivity index (χ0) is 14.1. The van der Waals surface area contributed by atoms with Gasteiger partial charge in [0.1, 0.15) is 0 Å². The Hall–Kier alpha value is -0.310. The summed E-state index contributed by atoms with van der Waals surface area (Å²) < 4.78 is 4.69. The number of carbonyl (C=O) groups is 1. The number of rotatable bonds is 9. The minimum absolute atomic E-state index is 0.108. The number of allylic oxidation sites excluding steroid dienone is 1. The fourth-order valence-electron chi connectivity index (χ4n) is 2.02. The fraction of sp³-hybridized carbons (Fsp3) is 0.800. The van der Waals surface area contributed by atoms with E-state index in [9.17, 15) is 4.79 Å². The van der Waals surface area contributed by atoms with E-state index in [1.165, 1.54) is 25.5 Å². The van der Waals surface area contributed by atoms with Crippen LogP contribution in [0.2, 0.25) is 0 Å². The molecule has 0 amide bonds. The van der Waals surface area contributed by atoms with E-state index in [1.807, 2.05) is 0 Å². The molecule has 0 aliphatic carbocycles. The Morgan fingerprint density at radius 3 is 2.22 bits per heavy atom. The number of carbonyl (C=O) groups excluding carboxylic acids is 1. The molecule has 0 bridgehead atoms. The lowest BCUT2D eigenvalue weighted by atomic mass is 9.87. The summed E-state index contributed by atoms with van der Waals surface area (Å²) in [4.78, 5) is 11.7. The molecule has 0 heterocycles. The van der Waals surface area contributed by atoms with E-state index in [0.29, 0.717) is 23.1 Å². The summed E-state index contributed by atoms with van der Waals surface area (Å²) >= 11 is 3.58. The van der Waals surface area contributed by atoms with E-state index in [0.717, 1.165) is 12.8 Å².